The van der Waals surface area contributed by atoms with Crippen molar-refractivity contribution in [2.45, 2.75) is 46.1 Å². The number of alkyl halides is 1. The first-order valence-electron chi connectivity index (χ1n) is 5.18. The summed E-state index contributed by atoms with van der Waals surface area (Å²) in [5.41, 5.74) is 0.741. The van der Waals surface area contributed by atoms with Crippen molar-refractivity contribution in [3.63, 3.8) is 0 Å². The Bertz CT molecular complexity index is 209. The van der Waals surface area contributed by atoms with Gasteiger partial charge in [0.1, 0.15) is 6.07 Å². The molecule has 0 aromatic rings. The van der Waals surface area contributed by atoms with Gasteiger partial charge in [0.15, 0.2) is 0 Å². The summed E-state index contributed by atoms with van der Waals surface area (Å²) >= 11 is 5.69. The standard InChI is InChI=1S/C11H19ClO/c1-10(2)8-4-5-11(3,6-8)9(10)13-7-12/h8-9H,4-7H2,1-3H3/t8-,9-,11+/m0/s1. The lowest BCUT2D eigenvalue weighted by atomic mass is 9.70. The molecule has 1 nitrogen and oxygen atoms in total. The van der Waals surface area contributed by atoms with Gasteiger partial charge < -0.3 is 4.74 Å². The molecular weight excluding hydrogens is 184 g/mol. The largest absolute Gasteiger partial charge is 0.361 e. The molecule has 0 aromatic heterocycles. The van der Waals surface area contributed by atoms with Crippen molar-refractivity contribution in [3.05, 3.63) is 0 Å². The van der Waals surface area contributed by atoms with Gasteiger partial charge in [-0.05, 0) is 36.0 Å². The Balaban J connectivity index is 2.23. The fraction of sp³-hybridized carbons (Fsp3) is 1.00. The van der Waals surface area contributed by atoms with Crippen LogP contribution in [0.5, 0.6) is 0 Å². The zero-order chi connectivity index (χ0) is 9.69. The van der Waals surface area contributed by atoms with E-state index in [-0.39, 0.29) is 0 Å². The van der Waals surface area contributed by atoms with Crippen LogP contribution in [0.25, 0.3) is 0 Å². The summed E-state index contributed by atoms with van der Waals surface area (Å²) in [6.07, 6.45) is 4.41. The van der Waals surface area contributed by atoms with E-state index in [1.54, 1.807) is 0 Å². The molecule has 2 aliphatic rings. The molecule has 0 radical (unpaired) electrons. The van der Waals surface area contributed by atoms with Gasteiger partial charge in [-0.3, -0.25) is 0 Å². The molecule has 2 bridgehead atoms. The summed E-state index contributed by atoms with van der Waals surface area (Å²) in [5, 5.41) is 0. The highest BCUT2D eigenvalue weighted by atomic mass is 35.5. The SMILES string of the molecule is CC1(C)[C@H]2CC[C@](C)(C2)[C@H]1OCCl. The Morgan fingerprint density at radius 1 is 1.38 bits per heavy atom. The highest BCUT2D eigenvalue weighted by molar-refractivity contribution is 6.17. The number of ether oxygens (including phenoxy) is 1. The summed E-state index contributed by atoms with van der Waals surface area (Å²) in [6.45, 7) is 7.03. The Kier molecular flexibility index (Phi) is 2.16. The van der Waals surface area contributed by atoms with Gasteiger partial charge in [-0.2, -0.15) is 0 Å². The van der Waals surface area contributed by atoms with Crippen molar-refractivity contribution in [2.24, 2.45) is 16.7 Å². The normalized spacial score (nSPS) is 47.1. The van der Waals surface area contributed by atoms with Crippen molar-refractivity contribution in [1.29, 1.82) is 0 Å². The van der Waals surface area contributed by atoms with Crippen LogP contribution in [0.4, 0.5) is 0 Å². The number of fused-ring (bicyclic) bond motifs is 2. The van der Waals surface area contributed by atoms with Crippen molar-refractivity contribution in [3.8, 4) is 0 Å². The van der Waals surface area contributed by atoms with Crippen molar-refractivity contribution < 1.29 is 4.74 Å². The molecule has 2 rings (SSSR count). The van der Waals surface area contributed by atoms with Crippen molar-refractivity contribution in [1.82, 2.24) is 0 Å². The van der Waals surface area contributed by atoms with Gasteiger partial charge in [0.05, 0.1) is 6.10 Å². The minimum atomic E-state index is 0.335. The topological polar surface area (TPSA) is 9.23 Å². The fourth-order valence-electron chi connectivity index (χ4n) is 3.74. The molecule has 2 heteroatoms. The molecular formula is C11H19ClO. The Hall–Kier alpha value is 0.250. The second kappa shape index (κ2) is 2.87. The third kappa shape index (κ3) is 1.24. The first kappa shape index (κ1) is 9.79. The summed E-state index contributed by atoms with van der Waals surface area (Å²) < 4.78 is 5.72. The van der Waals surface area contributed by atoms with Gasteiger partial charge in [0, 0.05) is 0 Å². The number of halogens is 1. The quantitative estimate of drug-likeness (QED) is 0.624. The van der Waals surface area contributed by atoms with E-state index in [0.717, 1.165) is 5.92 Å². The van der Waals surface area contributed by atoms with Gasteiger partial charge in [0.25, 0.3) is 0 Å². The molecule has 3 atom stereocenters. The Morgan fingerprint density at radius 3 is 2.54 bits per heavy atom. The van der Waals surface area contributed by atoms with Crippen LogP contribution in [-0.4, -0.2) is 12.2 Å². The van der Waals surface area contributed by atoms with Gasteiger partial charge >= 0.3 is 0 Å². The Labute approximate surface area is 85.8 Å². The monoisotopic (exact) mass is 202 g/mol. The van der Waals surface area contributed by atoms with Gasteiger partial charge in [-0.1, -0.05) is 32.4 Å². The molecule has 0 spiro atoms. The predicted molar refractivity (Wildman–Crippen MR) is 54.8 cm³/mol. The van der Waals surface area contributed by atoms with Crippen molar-refractivity contribution >= 4 is 11.6 Å². The maximum absolute atomic E-state index is 5.72. The molecule has 76 valence electrons. The summed E-state index contributed by atoms with van der Waals surface area (Å²) in [6, 6.07) is 0.344. The van der Waals surface area contributed by atoms with Crippen LogP contribution in [-0.2, 0) is 4.74 Å². The van der Waals surface area contributed by atoms with Crippen LogP contribution in [0.15, 0.2) is 0 Å². The van der Waals surface area contributed by atoms with E-state index in [2.05, 4.69) is 20.8 Å². The summed E-state index contributed by atoms with van der Waals surface area (Å²) in [7, 11) is 0. The van der Waals surface area contributed by atoms with Crippen LogP contribution in [0.1, 0.15) is 40.0 Å². The van der Waals surface area contributed by atoms with Gasteiger partial charge in [-0.15, -0.1) is 0 Å². The molecule has 0 N–H and O–H groups in total. The van der Waals surface area contributed by atoms with E-state index in [9.17, 15) is 0 Å². The van der Waals surface area contributed by atoms with Gasteiger partial charge in [0.2, 0.25) is 0 Å². The van der Waals surface area contributed by atoms with E-state index < -0.39 is 0 Å². The summed E-state index contributed by atoms with van der Waals surface area (Å²) in [5.74, 6) is 0.853. The average Bonchev–Trinajstić information content (AvgIpc) is 2.50. The van der Waals surface area contributed by atoms with Gasteiger partial charge in [-0.25, -0.2) is 0 Å². The van der Waals surface area contributed by atoms with E-state index in [1.807, 2.05) is 0 Å². The fourth-order valence-corrected chi connectivity index (χ4v) is 3.86. The minimum Gasteiger partial charge on any atom is -0.361 e. The molecule has 0 heterocycles. The third-order valence-electron chi connectivity index (χ3n) is 4.37. The first-order valence-corrected chi connectivity index (χ1v) is 5.72. The molecule has 0 amide bonds. The number of hydrogen-bond acceptors (Lipinski definition) is 1. The highest BCUT2D eigenvalue weighted by Crippen LogP contribution is 2.63. The predicted octanol–water partition coefficient (Wildman–Crippen LogP) is 3.41. The Morgan fingerprint density at radius 2 is 2.08 bits per heavy atom. The maximum Gasteiger partial charge on any atom is 0.121 e. The average molecular weight is 203 g/mol. The second-order valence-corrected chi connectivity index (χ2v) is 5.79. The van der Waals surface area contributed by atoms with E-state index >= 15 is 0 Å². The number of hydrogen-bond donors (Lipinski definition) is 0. The van der Waals surface area contributed by atoms with Crippen molar-refractivity contribution in [2.75, 3.05) is 6.07 Å². The van der Waals surface area contributed by atoms with E-state index in [0.29, 0.717) is 23.0 Å². The van der Waals surface area contributed by atoms with E-state index in [4.69, 9.17) is 16.3 Å². The lowest BCUT2D eigenvalue weighted by molar-refractivity contribution is -0.0722. The smallest absolute Gasteiger partial charge is 0.121 e. The lowest BCUT2D eigenvalue weighted by Crippen LogP contribution is -2.42. The van der Waals surface area contributed by atoms with Crippen LogP contribution in [0, 0.1) is 16.7 Å². The summed E-state index contributed by atoms with van der Waals surface area (Å²) in [4.78, 5) is 0. The van der Waals surface area contributed by atoms with Crippen LogP contribution >= 0.6 is 11.6 Å². The maximum atomic E-state index is 5.72. The van der Waals surface area contributed by atoms with Crippen LogP contribution < -0.4 is 0 Å². The molecule has 2 saturated carbocycles. The molecule has 2 fully saturated rings. The first-order chi connectivity index (χ1) is 6.00. The molecule has 13 heavy (non-hydrogen) atoms. The third-order valence-corrected chi connectivity index (χ3v) is 4.49. The van der Waals surface area contributed by atoms with Crippen LogP contribution in [0.2, 0.25) is 0 Å². The number of rotatable bonds is 2. The van der Waals surface area contributed by atoms with E-state index in [1.165, 1.54) is 19.3 Å². The molecule has 2 aliphatic carbocycles. The molecule has 0 saturated heterocycles. The molecule has 0 aliphatic heterocycles. The second-order valence-electron chi connectivity index (χ2n) is 5.57. The lowest BCUT2D eigenvalue weighted by Gasteiger charge is -2.41. The highest BCUT2D eigenvalue weighted by Gasteiger charge is 2.59. The minimum absolute atomic E-state index is 0.335. The zero-order valence-corrected chi connectivity index (χ0v) is 9.53. The van der Waals surface area contributed by atoms with Crippen LogP contribution in [0.3, 0.4) is 0 Å². The molecule has 0 aromatic carbocycles. The zero-order valence-electron chi connectivity index (χ0n) is 8.77. The molecule has 0 unspecified atom stereocenters.